The summed E-state index contributed by atoms with van der Waals surface area (Å²) in [6, 6.07) is 0. The molecule has 0 amide bonds. The Labute approximate surface area is 46.5 Å². The summed E-state index contributed by atoms with van der Waals surface area (Å²) in [7, 11) is 0. The molecule has 0 atom stereocenters. The summed E-state index contributed by atoms with van der Waals surface area (Å²) < 4.78 is 12.8. The molecule has 0 fully saturated rings. The summed E-state index contributed by atoms with van der Waals surface area (Å²) in [6.07, 6.45) is 1.04. The zero-order valence-electron chi connectivity index (χ0n) is 4.24. The van der Waals surface area contributed by atoms with Gasteiger partial charge in [0, 0.05) is 0 Å². The monoisotopic (exact) mass is 198 g/mol. The average Bonchev–Trinajstić information content (AvgIpc) is 1.35. The van der Waals surface area contributed by atoms with Gasteiger partial charge in [0.25, 0.3) is 0 Å². The van der Waals surface area contributed by atoms with Gasteiger partial charge in [-0.3, -0.25) is 0 Å². The summed E-state index contributed by atoms with van der Waals surface area (Å²) in [6.45, 7) is 2.03. The molecule has 0 aliphatic carbocycles. The molecule has 0 nitrogen and oxygen atoms in total. The fourth-order valence-corrected chi connectivity index (χ4v) is 2.07. The third kappa shape index (κ3) is 4.75. The minimum atomic E-state index is -2.01. The second-order valence-electron chi connectivity index (χ2n) is 1.33. The van der Waals surface area contributed by atoms with E-state index in [4.69, 9.17) is 0 Å². The molecule has 0 N–H and O–H groups in total. The van der Waals surface area contributed by atoms with E-state index in [0.717, 1.165) is 10.8 Å². The van der Waals surface area contributed by atoms with E-state index in [1.165, 1.54) is 0 Å². The second kappa shape index (κ2) is 3.92. The molecule has 2 heteroatoms. The van der Waals surface area contributed by atoms with Crippen LogP contribution in [0.2, 0.25) is 9.24 Å². The zero-order chi connectivity index (χ0) is 4.99. The van der Waals surface area contributed by atoms with E-state index in [1.54, 1.807) is 4.87 Å². The fourth-order valence-electron chi connectivity index (χ4n) is 0.308. The summed E-state index contributed by atoms with van der Waals surface area (Å²) in [4.78, 5) is 1.77. The van der Waals surface area contributed by atoms with Crippen LogP contribution in [0.5, 0.6) is 0 Å². The first-order valence-corrected chi connectivity index (χ1v) is 7.46. The van der Waals surface area contributed by atoms with Crippen molar-refractivity contribution in [3.8, 4) is 0 Å². The van der Waals surface area contributed by atoms with Crippen LogP contribution in [-0.4, -0.2) is 20.8 Å². The van der Waals surface area contributed by atoms with Crippen molar-refractivity contribution < 1.29 is 2.81 Å². The Hall–Kier alpha value is 0.748. The van der Waals surface area contributed by atoms with Crippen LogP contribution in [0.3, 0.4) is 0 Å². The van der Waals surface area contributed by atoms with Crippen LogP contribution in [0.4, 0.5) is 2.81 Å². The predicted molar refractivity (Wildman–Crippen MR) is 27.8 cm³/mol. The van der Waals surface area contributed by atoms with Crippen LogP contribution in [-0.2, 0) is 0 Å². The van der Waals surface area contributed by atoms with Crippen LogP contribution in [0, 0.1) is 0 Å². The van der Waals surface area contributed by atoms with Crippen LogP contribution in [0.25, 0.3) is 0 Å². The van der Waals surface area contributed by atoms with Gasteiger partial charge in [0.1, 0.15) is 0 Å². The Balaban J connectivity index is 2.63. The molecule has 0 rings (SSSR count). The first-order valence-electron chi connectivity index (χ1n) is 2.14. The van der Waals surface area contributed by atoms with E-state index in [9.17, 15) is 2.81 Å². The van der Waals surface area contributed by atoms with Gasteiger partial charge in [-0.05, 0) is 0 Å². The number of hydrogen-bond donors (Lipinski definition) is 0. The molecule has 0 spiro atoms. The van der Waals surface area contributed by atoms with E-state index in [1.807, 2.05) is 6.92 Å². The summed E-state index contributed by atoms with van der Waals surface area (Å²) in [5.41, 5.74) is 0. The van der Waals surface area contributed by atoms with E-state index in [-0.39, 0.29) is 0 Å². The van der Waals surface area contributed by atoms with Gasteiger partial charge in [-0.2, -0.15) is 0 Å². The molecule has 0 radical (unpaired) electrons. The molecule has 0 unspecified atom stereocenters. The van der Waals surface area contributed by atoms with E-state index >= 15 is 0 Å². The van der Waals surface area contributed by atoms with Gasteiger partial charge in [0.15, 0.2) is 0 Å². The number of hydrogen-bond acceptors (Lipinski definition) is 0. The molecule has 0 aromatic carbocycles. The second-order valence-corrected chi connectivity index (χ2v) is 6.06. The van der Waals surface area contributed by atoms with Crippen molar-refractivity contribution >= 4 is 20.8 Å². The Morgan fingerprint density at radius 3 is 2.17 bits per heavy atom. The van der Waals surface area contributed by atoms with Crippen molar-refractivity contribution in [3.05, 3.63) is 0 Å². The molecule has 0 aliphatic heterocycles. The Morgan fingerprint density at radius 1 is 1.67 bits per heavy atom. The van der Waals surface area contributed by atoms with Gasteiger partial charge < -0.3 is 0 Å². The quantitative estimate of drug-likeness (QED) is 0.596. The molecule has 6 heavy (non-hydrogen) atoms. The van der Waals surface area contributed by atoms with Gasteiger partial charge >= 0.3 is 46.2 Å². The van der Waals surface area contributed by atoms with Crippen LogP contribution >= 0.6 is 0 Å². The maximum atomic E-state index is 11.9. The zero-order valence-corrected chi connectivity index (χ0v) is 6.79. The van der Waals surface area contributed by atoms with Crippen molar-refractivity contribution in [1.82, 2.24) is 0 Å². The van der Waals surface area contributed by atoms with E-state index < -0.39 is 20.8 Å². The fraction of sp³-hybridized carbons (Fsp3) is 1.00. The molecule has 38 valence electrons. The molecular weight excluding hydrogens is 189 g/mol. The Bertz CT molecular complexity index is 28.7. The minimum absolute atomic E-state index is 0.892. The SMILES string of the molecule is CC[CH2][Sb]([CH3])[F]. The normalized spacial score (nSPS) is 10.0. The molecule has 0 aromatic heterocycles. The summed E-state index contributed by atoms with van der Waals surface area (Å²) in [5, 5.41) is 0. The van der Waals surface area contributed by atoms with Gasteiger partial charge in [-0.15, -0.1) is 0 Å². The maximum absolute atomic E-state index is 11.9. The van der Waals surface area contributed by atoms with Gasteiger partial charge in [-0.1, -0.05) is 0 Å². The third-order valence-electron chi connectivity index (χ3n) is 0.532. The Kier molecular flexibility index (Phi) is 4.41. The van der Waals surface area contributed by atoms with E-state index in [0.29, 0.717) is 0 Å². The number of halogens is 1. The van der Waals surface area contributed by atoms with Crippen molar-refractivity contribution in [3.63, 3.8) is 0 Å². The molecule has 0 bridgehead atoms. The topological polar surface area (TPSA) is 0 Å². The molecule has 0 aliphatic rings. The van der Waals surface area contributed by atoms with Crippen LogP contribution in [0.15, 0.2) is 0 Å². The van der Waals surface area contributed by atoms with Crippen LogP contribution < -0.4 is 0 Å². The molecule has 0 saturated heterocycles. The summed E-state index contributed by atoms with van der Waals surface area (Å²) >= 11 is -2.01. The van der Waals surface area contributed by atoms with Gasteiger partial charge in [-0.25, -0.2) is 0 Å². The van der Waals surface area contributed by atoms with Crippen molar-refractivity contribution in [1.29, 1.82) is 0 Å². The van der Waals surface area contributed by atoms with Crippen molar-refractivity contribution in [2.75, 3.05) is 0 Å². The molecule has 0 heterocycles. The molecular formula is C4H10FSb. The first kappa shape index (κ1) is 6.75. The molecule has 0 aromatic rings. The summed E-state index contributed by atoms with van der Waals surface area (Å²) in [5.74, 6) is 0. The third-order valence-corrected chi connectivity index (χ3v) is 3.57. The van der Waals surface area contributed by atoms with Crippen molar-refractivity contribution in [2.45, 2.75) is 22.6 Å². The average molecular weight is 199 g/mol. The van der Waals surface area contributed by atoms with Gasteiger partial charge in [0.05, 0.1) is 0 Å². The predicted octanol–water partition coefficient (Wildman–Crippen LogP) is 1.99. The van der Waals surface area contributed by atoms with Crippen LogP contribution in [0.1, 0.15) is 13.3 Å². The Morgan fingerprint density at radius 2 is 2.17 bits per heavy atom. The standard InChI is InChI=1S/C3H7.CH3.FH.Sb/c1-3-2;;;/h1,3H2,2H3;1H3;1H;/q;;;+1/p-1. The van der Waals surface area contributed by atoms with E-state index in [2.05, 4.69) is 0 Å². The molecule has 0 saturated carbocycles. The number of rotatable bonds is 2. The van der Waals surface area contributed by atoms with Gasteiger partial charge in [0.2, 0.25) is 0 Å². The van der Waals surface area contributed by atoms with Crippen molar-refractivity contribution in [2.24, 2.45) is 0 Å². The first-order chi connectivity index (χ1) is 2.77.